The van der Waals surface area contributed by atoms with E-state index in [1.807, 2.05) is 6.07 Å². The predicted molar refractivity (Wildman–Crippen MR) is 109 cm³/mol. The van der Waals surface area contributed by atoms with Gasteiger partial charge in [-0.05, 0) is 40.2 Å². The molecule has 1 unspecified atom stereocenters. The second-order valence-electron chi connectivity index (χ2n) is 6.42. The van der Waals surface area contributed by atoms with Crippen LogP contribution in [0.1, 0.15) is 10.4 Å². The molecule has 7 nitrogen and oxygen atoms in total. The molecule has 28 heavy (non-hydrogen) atoms. The second-order valence-corrected chi connectivity index (χ2v) is 8.30. The van der Waals surface area contributed by atoms with Gasteiger partial charge < -0.3 is 25.6 Å². The number of rotatable bonds is 2. The van der Waals surface area contributed by atoms with Crippen LogP contribution in [0.15, 0.2) is 40.9 Å². The summed E-state index contributed by atoms with van der Waals surface area (Å²) >= 11 is 4.50. The predicted octanol–water partition coefficient (Wildman–Crippen LogP) is 3.11. The Balaban J connectivity index is 1.70. The van der Waals surface area contributed by atoms with E-state index < -0.39 is 11.5 Å². The normalized spacial score (nSPS) is 20.0. The number of nitrogens with two attached hydrogens (primary N) is 1. The first-order valence-corrected chi connectivity index (χ1v) is 10.1. The van der Waals surface area contributed by atoms with Gasteiger partial charge in [-0.1, -0.05) is 23.5 Å². The number of nitrogens with one attached hydrogen (secondary N) is 1. The molecular weight excluding hydrogens is 446 g/mol. The number of ether oxygens (including phenoxy) is 2. The number of amides is 1. The summed E-state index contributed by atoms with van der Waals surface area (Å²) in [4.78, 5) is 17.6. The third kappa shape index (κ3) is 2.43. The maximum atomic E-state index is 12.8. The lowest BCUT2D eigenvalue weighted by molar-refractivity contribution is -0.129. The summed E-state index contributed by atoms with van der Waals surface area (Å²) < 4.78 is 11.9. The van der Waals surface area contributed by atoms with Crippen molar-refractivity contribution in [2.75, 3.05) is 24.3 Å². The van der Waals surface area contributed by atoms with Crippen molar-refractivity contribution in [3.05, 3.63) is 51.3 Å². The number of halogens is 1. The van der Waals surface area contributed by atoms with Gasteiger partial charge in [0, 0.05) is 15.6 Å². The van der Waals surface area contributed by atoms with Crippen LogP contribution in [0.3, 0.4) is 0 Å². The maximum absolute atomic E-state index is 12.8. The van der Waals surface area contributed by atoms with E-state index in [0.717, 1.165) is 11.3 Å². The summed E-state index contributed by atoms with van der Waals surface area (Å²) in [5.41, 5.74) is 6.19. The van der Waals surface area contributed by atoms with Gasteiger partial charge in [-0.15, -0.1) is 0 Å². The largest absolute Gasteiger partial charge is 0.486 e. The van der Waals surface area contributed by atoms with E-state index >= 15 is 0 Å². The fraction of sp³-hybridized carbons (Fsp3) is 0.158. The fourth-order valence-electron chi connectivity index (χ4n) is 3.47. The highest BCUT2D eigenvalue weighted by molar-refractivity contribution is 9.10. The van der Waals surface area contributed by atoms with Crippen LogP contribution in [-0.4, -0.2) is 29.2 Å². The van der Waals surface area contributed by atoms with Crippen molar-refractivity contribution in [2.24, 2.45) is 0 Å². The van der Waals surface area contributed by atoms with Gasteiger partial charge >= 0.3 is 0 Å². The summed E-state index contributed by atoms with van der Waals surface area (Å²) in [6, 6.07) is 10.7. The number of aromatic nitrogens is 1. The smallest absolute Gasteiger partial charge is 0.266 e. The van der Waals surface area contributed by atoms with E-state index in [0.29, 0.717) is 56.6 Å². The van der Waals surface area contributed by atoms with Gasteiger partial charge in [0.1, 0.15) is 13.2 Å². The van der Waals surface area contributed by atoms with Crippen LogP contribution in [0.25, 0.3) is 11.3 Å². The molecule has 1 aromatic heterocycles. The van der Waals surface area contributed by atoms with E-state index in [1.165, 1.54) is 0 Å². The quantitative estimate of drug-likeness (QED) is 0.543. The zero-order valence-corrected chi connectivity index (χ0v) is 16.8. The number of thiazole rings is 1. The van der Waals surface area contributed by atoms with Crippen molar-refractivity contribution in [3.63, 3.8) is 0 Å². The monoisotopic (exact) mass is 459 g/mol. The second kappa shape index (κ2) is 6.20. The Bertz CT molecular complexity index is 1130. The minimum atomic E-state index is -1.89. The van der Waals surface area contributed by atoms with Crippen LogP contribution in [0.4, 0.5) is 10.8 Å². The third-order valence-electron chi connectivity index (χ3n) is 4.76. The van der Waals surface area contributed by atoms with Gasteiger partial charge in [-0.25, -0.2) is 4.98 Å². The Morgan fingerprint density at radius 1 is 1.21 bits per heavy atom. The molecule has 1 atom stereocenters. The van der Waals surface area contributed by atoms with Gasteiger partial charge in [-0.2, -0.15) is 0 Å². The summed E-state index contributed by atoms with van der Waals surface area (Å²) in [6.07, 6.45) is 0. The highest BCUT2D eigenvalue weighted by Crippen LogP contribution is 2.49. The van der Waals surface area contributed by atoms with Gasteiger partial charge in [0.15, 0.2) is 16.6 Å². The van der Waals surface area contributed by atoms with Crippen molar-refractivity contribution in [2.45, 2.75) is 5.60 Å². The average molecular weight is 460 g/mol. The van der Waals surface area contributed by atoms with Crippen LogP contribution in [0, 0.1) is 0 Å². The zero-order valence-electron chi connectivity index (χ0n) is 14.4. The average Bonchev–Trinajstić information content (AvgIpc) is 3.22. The SMILES string of the molecule is Nc1nc(-c2ccc3c(c2)OCCO3)c(C2(O)C(=O)Nc3c(Br)cccc32)s1. The third-order valence-corrected chi connectivity index (χ3v) is 6.41. The highest BCUT2D eigenvalue weighted by atomic mass is 79.9. The number of carbonyl (C=O) groups is 1. The molecule has 0 saturated carbocycles. The molecule has 3 aromatic rings. The highest BCUT2D eigenvalue weighted by Gasteiger charge is 2.50. The molecule has 1 amide bonds. The molecule has 5 rings (SSSR count). The Morgan fingerprint density at radius 3 is 2.82 bits per heavy atom. The Morgan fingerprint density at radius 2 is 2.00 bits per heavy atom. The van der Waals surface area contributed by atoms with Crippen molar-refractivity contribution in [1.29, 1.82) is 0 Å². The molecule has 0 bridgehead atoms. The molecule has 2 aliphatic heterocycles. The number of benzene rings is 2. The molecule has 0 fully saturated rings. The number of para-hydroxylation sites is 1. The Labute approximate surface area is 172 Å². The first-order chi connectivity index (χ1) is 13.5. The Kier molecular flexibility index (Phi) is 3.87. The number of carbonyl (C=O) groups excluding carboxylic acids is 1. The van der Waals surface area contributed by atoms with Crippen LogP contribution >= 0.6 is 27.3 Å². The molecular formula is C19H14BrN3O4S. The molecule has 2 aromatic carbocycles. The van der Waals surface area contributed by atoms with E-state index in [1.54, 1.807) is 30.3 Å². The van der Waals surface area contributed by atoms with Crippen molar-refractivity contribution in [1.82, 2.24) is 4.98 Å². The number of anilines is 2. The first kappa shape index (κ1) is 17.5. The molecule has 0 aliphatic carbocycles. The van der Waals surface area contributed by atoms with E-state index in [2.05, 4.69) is 26.2 Å². The lowest BCUT2D eigenvalue weighted by atomic mass is 9.91. The molecule has 142 valence electrons. The number of hydrogen-bond acceptors (Lipinski definition) is 7. The van der Waals surface area contributed by atoms with E-state index in [9.17, 15) is 9.90 Å². The topological polar surface area (TPSA) is 107 Å². The first-order valence-electron chi connectivity index (χ1n) is 8.48. The van der Waals surface area contributed by atoms with Crippen LogP contribution in [0.5, 0.6) is 11.5 Å². The van der Waals surface area contributed by atoms with Gasteiger partial charge in [0.05, 0.1) is 16.3 Å². The lowest BCUT2D eigenvalue weighted by Gasteiger charge is -2.22. The standard InChI is InChI=1S/C19H14BrN3O4S/c20-11-3-1-2-10-15(11)22-17(24)19(10,25)16-14(23-18(21)28-16)9-4-5-12-13(8-9)27-7-6-26-12/h1-5,8,25H,6-7H2,(H2,21,23)(H,22,24). The number of nitrogens with zero attached hydrogens (tertiary/aromatic N) is 1. The molecule has 4 N–H and O–H groups in total. The molecule has 0 radical (unpaired) electrons. The zero-order chi connectivity index (χ0) is 19.5. The van der Waals surface area contributed by atoms with Gasteiger partial charge in [-0.3, -0.25) is 4.79 Å². The lowest BCUT2D eigenvalue weighted by Crippen LogP contribution is -2.35. The fourth-order valence-corrected chi connectivity index (χ4v) is 4.89. The van der Waals surface area contributed by atoms with Crippen LogP contribution < -0.4 is 20.5 Å². The molecule has 0 spiro atoms. The Hall–Kier alpha value is -2.62. The molecule has 0 saturated heterocycles. The van der Waals surface area contributed by atoms with Gasteiger partial charge in [0.2, 0.25) is 5.60 Å². The number of hydrogen-bond donors (Lipinski definition) is 3. The van der Waals surface area contributed by atoms with Crippen molar-refractivity contribution < 1.29 is 19.4 Å². The number of fused-ring (bicyclic) bond motifs is 2. The summed E-state index contributed by atoms with van der Waals surface area (Å²) in [5.74, 6) is 0.690. The van der Waals surface area contributed by atoms with Gasteiger partial charge in [0.25, 0.3) is 5.91 Å². The minimum Gasteiger partial charge on any atom is -0.486 e. The van der Waals surface area contributed by atoms with Crippen molar-refractivity contribution in [3.8, 4) is 22.8 Å². The molecule has 9 heteroatoms. The van der Waals surface area contributed by atoms with Crippen molar-refractivity contribution >= 4 is 44.0 Å². The van der Waals surface area contributed by atoms with Crippen LogP contribution in [0.2, 0.25) is 0 Å². The van der Waals surface area contributed by atoms with E-state index in [4.69, 9.17) is 15.2 Å². The van der Waals surface area contributed by atoms with E-state index in [-0.39, 0.29) is 5.13 Å². The number of aliphatic hydroxyl groups is 1. The molecule has 2 aliphatic rings. The van der Waals surface area contributed by atoms with Crippen LogP contribution in [-0.2, 0) is 10.4 Å². The maximum Gasteiger partial charge on any atom is 0.266 e. The summed E-state index contributed by atoms with van der Waals surface area (Å²) in [6.45, 7) is 0.948. The minimum absolute atomic E-state index is 0.254. The summed E-state index contributed by atoms with van der Waals surface area (Å²) in [5, 5.41) is 14.5. The summed E-state index contributed by atoms with van der Waals surface area (Å²) in [7, 11) is 0. The molecule has 3 heterocycles. The number of nitrogen functional groups attached to an aromatic ring is 1.